The Bertz CT molecular complexity index is 869. The molecular weight excluding hydrogens is 340 g/mol. The van der Waals surface area contributed by atoms with Crippen LogP contribution in [0.1, 0.15) is 33.9 Å². The number of H-pyrrole nitrogens is 1. The number of amides is 1. The molecular formula is C17H22N4O3S. The Morgan fingerprint density at radius 2 is 2.08 bits per heavy atom. The van der Waals surface area contributed by atoms with Crippen LogP contribution in [0.4, 0.5) is 0 Å². The molecule has 2 saturated heterocycles. The van der Waals surface area contributed by atoms with Gasteiger partial charge >= 0.3 is 0 Å². The van der Waals surface area contributed by atoms with Gasteiger partial charge in [-0.1, -0.05) is 0 Å². The van der Waals surface area contributed by atoms with E-state index in [-0.39, 0.29) is 23.6 Å². The summed E-state index contributed by atoms with van der Waals surface area (Å²) in [5.74, 6) is 0.418. The van der Waals surface area contributed by atoms with E-state index < -0.39 is 0 Å². The Morgan fingerprint density at radius 1 is 1.32 bits per heavy atom. The second-order valence-corrected chi connectivity index (χ2v) is 7.81. The fourth-order valence-electron chi connectivity index (χ4n) is 3.82. The van der Waals surface area contributed by atoms with E-state index in [1.807, 2.05) is 6.92 Å². The van der Waals surface area contributed by atoms with Crippen LogP contribution in [0.2, 0.25) is 0 Å². The zero-order valence-corrected chi connectivity index (χ0v) is 15.2. The predicted molar refractivity (Wildman–Crippen MR) is 96.4 cm³/mol. The van der Waals surface area contributed by atoms with Crippen molar-refractivity contribution in [3.8, 4) is 0 Å². The van der Waals surface area contributed by atoms with E-state index in [1.54, 1.807) is 6.92 Å². The Balaban J connectivity index is 1.59. The Kier molecular flexibility index (Phi) is 4.35. The lowest BCUT2D eigenvalue weighted by atomic mass is 10.1. The minimum absolute atomic E-state index is 0.0109. The smallest absolute Gasteiger partial charge is 0.262 e. The molecule has 2 atom stereocenters. The standard InChI is InChI=1S/C17H22N4O3S/c1-9-13-15(22)18-10(2)19-17(13)25-14(9)16(23)20-11-7-24-8-12(11)21-5-3-4-6-21/h11-12H,3-8H2,1-2H3,(H,20,23)(H,18,19,22). The number of thiophene rings is 1. The lowest BCUT2D eigenvalue weighted by Gasteiger charge is -2.27. The first-order valence-electron chi connectivity index (χ1n) is 8.67. The van der Waals surface area contributed by atoms with Gasteiger partial charge in [-0.05, 0) is 45.3 Å². The van der Waals surface area contributed by atoms with Crippen LogP contribution >= 0.6 is 11.3 Å². The molecule has 0 bridgehead atoms. The molecule has 0 aliphatic carbocycles. The second-order valence-electron chi connectivity index (χ2n) is 6.82. The van der Waals surface area contributed by atoms with E-state index in [0.717, 1.165) is 13.1 Å². The lowest BCUT2D eigenvalue weighted by Crippen LogP contribution is -2.50. The van der Waals surface area contributed by atoms with Crippen LogP contribution in [0.25, 0.3) is 10.2 Å². The van der Waals surface area contributed by atoms with Crippen LogP contribution in [0.3, 0.4) is 0 Å². The van der Waals surface area contributed by atoms with Crippen molar-refractivity contribution in [2.75, 3.05) is 26.3 Å². The lowest BCUT2D eigenvalue weighted by molar-refractivity contribution is 0.0920. The molecule has 0 radical (unpaired) electrons. The van der Waals surface area contributed by atoms with E-state index in [0.29, 0.717) is 39.7 Å². The second kappa shape index (κ2) is 6.51. The highest BCUT2D eigenvalue weighted by atomic mass is 32.1. The van der Waals surface area contributed by atoms with Crippen LogP contribution in [-0.2, 0) is 4.74 Å². The van der Waals surface area contributed by atoms with Crippen LogP contribution in [0.15, 0.2) is 4.79 Å². The van der Waals surface area contributed by atoms with Crippen LogP contribution in [0.5, 0.6) is 0 Å². The maximum atomic E-state index is 12.8. The zero-order valence-electron chi connectivity index (χ0n) is 14.4. The minimum atomic E-state index is -0.186. The first kappa shape index (κ1) is 16.7. The van der Waals surface area contributed by atoms with Crippen molar-refractivity contribution in [1.82, 2.24) is 20.2 Å². The molecule has 2 aromatic rings. The van der Waals surface area contributed by atoms with Gasteiger partial charge in [0.05, 0.1) is 35.6 Å². The third-order valence-electron chi connectivity index (χ3n) is 5.10. The molecule has 0 spiro atoms. The number of fused-ring (bicyclic) bond motifs is 1. The number of nitrogens with one attached hydrogen (secondary N) is 2. The number of rotatable bonds is 3. The number of likely N-dealkylation sites (tertiary alicyclic amines) is 1. The highest BCUT2D eigenvalue weighted by Gasteiger charge is 2.36. The summed E-state index contributed by atoms with van der Waals surface area (Å²) in [5, 5.41) is 3.64. The van der Waals surface area contributed by atoms with Crippen molar-refractivity contribution in [3.05, 3.63) is 26.6 Å². The van der Waals surface area contributed by atoms with E-state index in [9.17, 15) is 9.59 Å². The number of hydrogen-bond donors (Lipinski definition) is 2. The molecule has 8 heteroatoms. The third-order valence-corrected chi connectivity index (χ3v) is 6.29. The average Bonchev–Trinajstić information content (AvgIpc) is 3.26. The van der Waals surface area contributed by atoms with Crippen molar-refractivity contribution < 1.29 is 9.53 Å². The Labute approximate surface area is 149 Å². The highest BCUT2D eigenvalue weighted by Crippen LogP contribution is 2.27. The molecule has 2 aromatic heterocycles. The molecule has 2 aliphatic heterocycles. The molecule has 0 aromatic carbocycles. The summed E-state index contributed by atoms with van der Waals surface area (Å²) in [7, 11) is 0. The SMILES string of the molecule is Cc1nc2sc(C(=O)NC3COCC3N3CCCC3)c(C)c2c(=O)[nH]1. The van der Waals surface area contributed by atoms with Gasteiger partial charge in [0.1, 0.15) is 10.7 Å². The van der Waals surface area contributed by atoms with E-state index in [1.165, 1.54) is 24.2 Å². The van der Waals surface area contributed by atoms with Gasteiger partial charge in [0, 0.05) is 0 Å². The normalized spacial score (nSPS) is 24.2. The number of nitrogens with zero attached hydrogens (tertiary/aromatic N) is 2. The Morgan fingerprint density at radius 3 is 2.84 bits per heavy atom. The van der Waals surface area contributed by atoms with Crippen molar-refractivity contribution in [3.63, 3.8) is 0 Å². The summed E-state index contributed by atoms with van der Waals surface area (Å²) in [4.78, 5) is 35.7. The van der Waals surface area contributed by atoms with Gasteiger partial charge < -0.3 is 15.0 Å². The summed E-state index contributed by atoms with van der Waals surface area (Å²) in [6.45, 7) is 6.89. The average molecular weight is 362 g/mol. The molecule has 2 aliphatic rings. The van der Waals surface area contributed by atoms with Crippen molar-refractivity contribution in [2.24, 2.45) is 0 Å². The summed E-state index contributed by atoms with van der Waals surface area (Å²) in [6, 6.07) is 0.230. The molecule has 2 fully saturated rings. The summed E-state index contributed by atoms with van der Waals surface area (Å²) < 4.78 is 5.62. The number of aromatic amines is 1. The molecule has 4 heterocycles. The monoisotopic (exact) mass is 362 g/mol. The molecule has 2 unspecified atom stereocenters. The molecule has 1 amide bonds. The van der Waals surface area contributed by atoms with Crippen LogP contribution in [0, 0.1) is 13.8 Å². The first-order valence-corrected chi connectivity index (χ1v) is 9.49. The number of hydrogen-bond acceptors (Lipinski definition) is 6. The number of aromatic nitrogens is 2. The quantitative estimate of drug-likeness (QED) is 0.857. The van der Waals surface area contributed by atoms with Gasteiger partial charge in [-0.2, -0.15) is 0 Å². The van der Waals surface area contributed by atoms with Gasteiger partial charge in [0.15, 0.2) is 0 Å². The van der Waals surface area contributed by atoms with E-state index >= 15 is 0 Å². The van der Waals surface area contributed by atoms with Crippen LogP contribution in [-0.4, -0.2) is 59.2 Å². The minimum Gasteiger partial charge on any atom is -0.378 e. The number of carbonyl (C=O) groups excluding carboxylic acids is 1. The van der Waals surface area contributed by atoms with Crippen molar-refractivity contribution in [2.45, 2.75) is 38.8 Å². The fraction of sp³-hybridized carbons (Fsp3) is 0.588. The molecule has 2 N–H and O–H groups in total. The topological polar surface area (TPSA) is 87.3 Å². The first-order chi connectivity index (χ1) is 12.0. The third kappa shape index (κ3) is 2.98. The van der Waals surface area contributed by atoms with Gasteiger partial charge in [0.2, 0.25) is 0 Å². The van der Waals surface area contributed by atoms with Crippen molar-refractivity contribution in [1.29, 1.82) is 0 Å². The van der Waals surface area contributed by atoms with Crippen molar-refractivity contribution >= 4 is 27.5 Å². The predicted octanol–water partition coefficient (Wildman–Crippen LogP) is 1.19. The fourth-order valence-corrected chi connectivity index (χ4v) is 4.95. The summed E-state index contributed by atoms with van der Waals surface area (Å²) in [6.07, 6.45) is 2.42. The van der Waals surface area contributed by atoms with Gasteiger partial charge in [0.25, 0.3) is 11.5 Å². The summed E-state index contributed by atoms with van der Waals surface area (Å²) >= 11 is 1.28. The van der Waals surface area contributed by atoms with Gasteiger partial charge in [-0.15, -0.1) is 11.3 Å². The van der Waals surface area contributed by atoms with Gasteiger partial charge in [-0.3, -0.25) is 14.5 Å². The van der Waals surface area contributed by atoms with Crippen LogP contribution < -0.4 is 10.9 Å². The maximum Gasteiger partial charge on any atom is 0.262 e. The Hall–Kier alpha value is -1.77. The molecule has 7 nitrogen and oxygen atoms in total. The molecule has 134 valence electrons. The largest absolute Gasteiger partial charge is 0.378 e. The maximum absolute atomic E-state index is 12.8. The van der Waals surface area contributed by atoms with E-state index in [2.05, 4.69) is 20.2 Å². The molecule has 0 saturated carbocycles. The molecule has 4 rings (SSSR count). The number of carbonyl (C=O) groups is 1. The highest BCUT2D eigenvalue weighted by molar-refractivity contribution is 7.20. The number of aryl methyl sites for hydroxylation is 2. The number of ether oxygens (including phenoxy) is 1. The zero-order chi connectivity index (χ0) is 17.6. The van der Waals surface area contributed by atoms with E-state index in [4.69, 9.17) is 4.74 Å². The summed E-state index contributed by atoms with van der Waals surface area (Å²) in [5.41, 5.74) is 0.511. The van der Waals surface area contributed by atoms with Gasteiger partial charge in [-0.25, -0.2) is 4.98 Å². The molecule has 25 heavy (non-hydrogen) atoms.